The molecular formula is C15H17ClN4O2. The van der Waals surface area contributed by atoms with Gasteiger partial charge in [-0.25, -0.2) is 0 Å². The van der Waals surface area contributed by atoms with Gasteiger partial charge in [0.2, 0.25) is 6.79 Å². The minimum Gasteiger partial charge on any atom is -0.454 e. The van der Waals surface area contributed by atoms with Gasteiger partial charge in [0.25, 0.3) is 0 Å². The minimum absolute atomic E-state index is 0.241. The van der Waals surface area contributed by atoms with Crippen molar-refractivity contribution in [2.24, 2.45) is 0 Å². The van der Waals surface area contributed by atoms with Crippen LogP contribution in [0.25, 0.3) is 0 Å². The smallest absolute Gasteiger partial charge is 0.231 e. The SMILES string of the molecule is CCc1nnc2n1CCN(Cc1cc(Cl)c3c(c1)OCO3)C2. The molecule has 0 radical (unpaired) electrons. The summed E-state index contributed by atoms with van der Waals surface area (Å²) < 4.78 is 13.0. The summed E-state index contributed by atoms with van der Waals surface area (Å²) in [4.78, 5) is 2.34. The van der Waals surface area contributed by atoms with E-state index >= 15 is 0 Å². The molecule has 1 aromatic carbocycles. The van der Waals surface area contributed by atoms with Crippen molar-refractivity contribution >= 4 is 11.6 Å². The first-order valence-corrected chi connectivity index (χ1v) is 7.83. The zero-order valence-corrected chi connectivity index (χ0v) is 13.1. The summed E-state index contributed by atoms with van der Waals surface area (Å²) in [6, 6.07) is 3.96. The molecule has 0 atom stereocenters. The fraction of sp³-hybridized carbons (Fsp3) is 0.467. The second kappa shape index (κ2) is 5.44. The summed E-state index contributed by atoms with van der Waals surface area (Å²) in [5.74, 6) is 3.49. The van der Waals surface area contributed by atoms with Gasteiger partial charge in [0.05, 0.1) is 11.6 Å². The van der Waals surface area contributed by atoms with Crippen LogP contribution in [0.4, 0.5) is 0 Å². The van der Waals surface area contributed by atoms with Crippen LogP contribution in [0.1, 0.15) is 24.1 Å². The Bertz CT molecular complexity index is 716. The van der Waals surface area contributed by atoms with E-state index in [1.165, 1.54) is 0 Å². The Morgan fingerprint density at radius 2 is 2.14 bits per heavy atom. The molecule has 2 aliphatic rings. The molecule has 0 unspecified atom stereocenters. The van der Waals surface area contributed by atoms with E-state index in [1.807, 2.05) is 12.1 Å². The maximum atomic E-state index is 6.25. The molecule has 0 aliphatic carbocycles. The second-order valence-corrected chi connectivity index (χ2v) is 5.97. The largest absolute Gasteiger partial charge is 0.454 e. The van der Waals surface area contributed by atoms with Crippen LogP contribution in [0.2, 0.25) is 5.02 Å². The van der Waals surface area contributed by atoms with Gasteiger partial charge >= 0.3 is 0 Å². The van der Waals surface area contributed by atoms with Gasteiger partial charge in [0, 0.05) is 26.1 Å². The number of halogens is 1. The number of hydrogen-bond acceptors (Lipinski definition) is 5. The molecule has 1 aromatic heterocycles. The van der Waals surface area contributed by atoms with Gasteiger partial charge in [0.1, 0.15) is 11.6 Å². The van der Waals surface area contributed by atoms with E-state index in [4.69, 9.17) is 21.1 Å². The molecule has 4 rings (SSSR count). The highest BCUT2D eigenvalue weighted by Gasteiger charge is 2.22. The maximum absolute atomic E-state index is 6.25. The van der Waals surface area contributed by atoms with Gasteiger partial charge in [-0.05, 0) is 17.7 Å². The number of rotatable bonds is 3. The Balaban J connectivity index is 1.52. The van der Waals surface area contributed by atoms with E-state index in [0.29, 0.717) is 10.8 Å². The number of aryl methyl sites for hydroxylation is 1. The lowest BCUT2D eigenvalue weighted by Crippen LogP contribution is -2.33. The van der Waals surface area contributed by atoms with Gasteiger partial charge in [-0.1, -0.05) is 18.5 Å². The van der Waals surface area contributed by atoms with E-state index in [9.17, 15) is 0 Å². The third kappa shape index (κ3) is 2.32. The van der Waals surface area contributed by atoms with Gasteiger partial charge < -0.3 is 14.0 Å². The molecule has 0 bridgehead atoms. The van der Waals surface area contributed by atoms with E-state index in [1.54, 1.807) is 0 Å². The van der Waals surface area contributed by atoms with E-state index in [-0.39, 0.29) is 6.79 Å². The van der Waals surface area contributed by atoms with Crippen molar-refractivity contribution in [1.29, 1.82) is 0 Å². The first kappa shape index (κ1) is 13.8. The molecule has 3 heterocycles. The standard InChI is InChI=1S/C15H17ClN4O2/c1-2-13-17-18-14-8-19(3-4-20(13)14)7-10-5-11(16)15-12(6-10)21-9-22-15/h5-6H,2-4,7-9H2,1H3. The quantitative estimate of drug-likeness (QED) is 0.868. The summed E-state index contributed by atoms with van der Waals surface area (Å²) in [5, 5.41) is 9.15. The Morgan fingerprint density at radius 1 is 1.23 bits per heavy atom. The van der Waals surface area contributed by atoms with Crippen LogP contribution in [0.15, 0.2) is 12.1 Å². The van der Waals surface area contributed by atoms with Crippen LogP contribution in [0.3, 0.4) is 0 Å². The van der Waals surface area contributed by atoms with Crippen LogP contribution in [0, 0.1) is 0 Å². The Hall–Kier alpha value is -1.79. The maximum Gasteiger partial charge on any atom is 0.231 e. The topological polar surface area (TPSA) is 52.4 Å². The van der Waals surface area contributed by atoms with Crippen LogP contribution in [-0.4, -0.2) is 33.0 Å². The molecule has 116 valence electrons. The molecule has 7 heteroatoms. The summed E-state index contributed by atoms with van der Waals surface area (Å²) in [7, 11) is 0. The van der Waals surface area contributed by atoms with Crippen molar-refractivity contribution < 1.29 is 9.47 Å². The second-order valence-electron chi connectivity index (χ2n) is 5.56. The molecular weight excluding hydrogens is 304 g/mol. The summed E-state index contributed by atoms with van der Waals surface area (Å²) in [5.41, 5.74) is 1.12. The van der Waals surface area contributed by atoms with Crippen LogP contribution >= 0.6 is 11.6 Å². The zero-order chi connectivity index (χ0) is 15.1. The van der Waals surface area contributed by atoms with Crippen molar-refractivity contribution in [3.63, 3.8) is 0 Å². The van der Waals surface area contributed by atoms with Gasteiger partial charge in [-0.15, -0.1) is 10.2 Å². The number of benzene rings is 1. The molecule has 2 aliphatic heterocycles. The highest BCUT2D eigenvalue weighted by Crippen LogP contribution is 2.40. The third-order valence-corrected chi connectivity index (χ3v) is 4.40. The highest BCUT2D eigenvalue weighted by molar-refractivity contribution is 6.32. The lowest BCUT2D eigenvalue weighted by atomic mass is 10.1. The van der Waals surface area contributed by atoms with Crippen molar-refractivity contribution in [3.05, 3.63) is 34.4 Å². The van der Waals surface area contributed by atoms with Crippen molar-refractivity contribution in [2.45, 2.75) is 33.0 Å². The van der Waals surface area contributed by atoms with E-state index in [0.717, 1.165) is 55.6 Å². The summed E-state index contributed by atoms with van der Waals surface area (Å²) in [6.45, 7) is 5.88. The molecule has 22 heavy (non-hydrogen) atoms. The molecule has 0 N–H and O–H groups in total. The highest BCUT2D eigenvalue weighted by atomic mass is 35.5. The number of hydrogen-bond donors (Lipinski definition) is 0. The molecule has 6 nitrogen and oxygen atoms in total. The number of aromatic nitrogens is 3. The van der Waals surface area contributed by atoms with Crippen LogP contribution in [-0.2, 0) is 26.1 Å². The van der Waals surface area contributed by atoms with Crippen LogP contribution < -0.4 is 9.47 Å². The molecule has 2 aromatic rings. The predicted molar refractivity (Wildman–Crippen MR) is 81.1 cm³/mol. The molecule has 0 fully saturated rings. The molecule has 0 saturated heterocycles. The van der Waals surface area contributed by atoms with E-state index in [2.05, 4.69) is 26.6 Å². The Kier molecular flexibility index (Phi) is 3.43. The average molecular weight is 321 g/mol. The van der Waals surface area contributed by atoms with Gasteiger partial charge in [0.15, 0.2) is 11.5 Å². The van der Waals surface area contributed by atoms with Crippen molar-refractivity contribution in [3.8, 4) is 11.5 Å². The van der Waals surface area contributed by atoms with Gasteiger partial charge in [-0.3, -0.25) is 4.90 Å². The summed E-state index contributed by atoms with van der Waals surface area (Å²) >= 11 is 6.25. The first-order valence-electron chi connectivity index (χ1n) is 7.46. The Morgan fingerprint density at radius 3 is 3.00 bits per heavy atom. The summed E-state index contributed by atoms with van der Waals surface area (Å²) in [6.07, 6.45) is 0.921. The van der Waals surface area contributed by atoms with Crippen molar-refractivity contribution in [2.75, 3.05) is 13.3 Å². The molecule has 0 saturated carbocycles. The van der Waals surface area contributed by atoms with Crippen LogP contribution in [0.5, 0.6) is 11.5 Å². The number of fused-ring (bicyclic) bond motifs is 2. The minimum atomic E-state index is 0.241. The Labute approximate surface area is 133 Å². The normalized spacial score (nSPS) is 16.8. The monoisotopic (exact) mass is 320 g/mol. The van der Waals surface area contributed by atoms with Crippen molar-refractivity contribution in [1.82, 2.24) is 19.7 Å². The molecule has 0 amide bonds. The van der Waals surface area contributed by atoms with E-state index < -0.39 is 0 Å². The first-order chi connectivity index (χ1) is 10.7. The zero-order valence-electron chi connectivity index (χ0n) is 12.4. The molecule has 0 spiro atoms. The predicted octanol–water partition coefficient (Wildman–Crippen LogP) is 2.24. The fourth-order valence-corrected chi connectivity index (χ4v) is 3.32. The van der Waals surface area contributed by atoms with Gasteiger partial charge in [-0.2, -0.15) is 0 Å². The fourth-order valence-electron chi connectivity index (χ4n) is 3.03. The number of nitrogens with zero attached hydrogens (tertiary/aromatic N) is 4. The lowest BCUT2D eigenvalue weighted by Gasteiger charge is -2.27. The third-order valence-electron chi connectivity index (χ3n) is 4.12. The number of ether oxygens (including phenoxy) is 2. The average Bonchev–Trinajstić information content (AvgIpc) is 3.13. The lowest BCUT2D eigenvalue weighted by molar-refractivity contribution is 0.174.